The van der Waals surface area contributed by atoms with Crippen molar-refractivity contribution in [1.29, 1.82) is 0 Å². The first-order chi connectivity index (χ1) is 6.22. The summed E-state index contributed by atoms with van der Waals surface area (Å²) < 4.78 is 2.06. The molecule has 0 aliphatic carbocycles. The zero-order valence-corrected chi connectivity index (χ0v) is 8.95. The highest BCUT2D eigenvalue weighted by molar-refractivity contribution is 4.98. The second kappa shape index (κ2) is 5.05. The number of hydrogen-bond acceptors (Lipinski definition) is 1. The molecule has 0 aromatic carbocycles. The quantitative estimate of drug-likeness (QED) is 0.681. The zero-order valence-electron chi connectivity index (χ0n) is 8.95. The van der Waals surface area contributed by atoms with Crippen LogP contribution in [0.15, 0.2) is 12.3 Å². The van der Waals surface area contributed by atoms with Crippen molar-refractivity contribution < 1.29 is 0 Å². The molecule has 1 aromatic rings. The summed E-state index contributed by atoms with van der Waals surface area (Å²) >= 11 is 0. The molecule has 0 aliphatic rings. The summed E-state index contributed by atoms with van der Waals surface area (Å²) in [5, 5.41) is 4.49. The molecule has 74 valence electrons. The molecule has 0 N–H and O–H groups in total. The van der Waals surface area contributed by atoms with Gasteiger partial charge in [-0.2, -0.15) is 5.10 Å². The van der Waals surface area contributed by atoms with Crippen molar-refractivity contribution in [3.63, 3.8) is 0 Å². The van der Waals surface area contributed by atoms with Crippen molar-refractivity contribution >= 4 is 0 Å². The molecule has 2 nitrogen and oxygen atoms in total. The maximum absolute atomic E-state index is 4.49. The number of aryl methyl sites for hydroxylation is 2. The van der Waals surface area contributed by atoms with Crippen molar-refractivity contribution in [1.82, 2.24) is 9.78 Å². The second-order valence-corrected chi connectivity index (χ2v) is 4.00. The average molecular weight is 180 g/mol. The monoisotopic (exact) mass is 180 g/mol. The fraction of sp³-hybridized carbons (Fsp3) is 0.727. The van der Waals surface area contributed by atoms with Gasteiger partial charge in [-0.3, -0.25) is 4.68 Å². The van der Waals surface area contributed by atoms with Gasteiger partial charge in [-0.05, 0) is 24.8 Å². The minimum Gasteiger partial charge on any atom is -0.272 e. The molecule has 0 spiro atoms. The molecule has 0 amide bonds. The van der Waals surface area contributed by atoms with Crippen LogP contribution < -0.4 is 0 Å². The molecule has 0 fully saturated rings. The minimum atomic E-state index is 0.763. The smallest absolute Gasteiger partial charge is 0.0624 e. The molecule has 0 radical (unpaired) electrons. The molecule has 0 unspecified atom stereocenters. The molecule has 13 heavy (non-hydrogen) atoms. The van der Waals surface area contributed by atoms with Crippen LogP contribution >= 0.6 is 0 Å². The molecule has 0 atom stereocenters. The molecule has 1 aromatic heterocycles. The van der Waals surface area contributed by atoms with Gasteiger partial charge in [0.25, 0.3) is 0 Å². The van der Waals surface area contributed by atoms with E-state index in [0.29, 0.717) is 0 Å². The van der Waals surface area contributed by atoms with Gasteiger partial charge in [0.1, 0.15) is 0 Å². The molecule has 0 bridgehead atoms. The van der Waals surface area contributed by atoms with Gasteiger partial charge in [-0.15, -0.1) is 0 Å². The van der Waals surface area contributed by atoms with Crippen molar-refractivity contribution in [3.05, 3.63) is 18.0 Å². The maximum Gasteiger partial charge on any atom is 0.0624 e. The fourth-order valence-corrected chi connectivity index (χ4v) is 1.31. The van der Waals surface area contributed by atoms with E-state index in [1.165, 1.54) is 18.5 Å². The van der Waals surface area contributed by atoms with Crippen LogP contribution in [0.1, 0.15) is 39.3 Å². The zero-order chi connectivity index (χ0) is 9.68. The van der Waals surface area contributed by atoms with E-state index in [2.05, 4.69) is 42.8 Å². The van der Waals surface area contributed by atoms with Gasteiger partial charge in [-0.1, -0.05) is 27.2 Å². The highest BCUT2D eigenvalue weighted by Crippen LogP contribution is 2.04. The first kappa shape index (κ1) is 10.3. The Hall–Kier alpha value is -0.790. The van der Waals surface area contributed by atoms with E-state index < -0.39 is 0 Å². The van der Waals surface area contributed by atoms with Gasteiger partial charge in [0.15, 0.2) is 0 Å². The van der Waals surface area contributed by atoms with Crippen LogP contribution in [0.2, 0.25) is 0 Å². The molecule has 0 saturated heterocycles. The molecular weight excluding hydrogens is 160 g/mol. The third-order valence-electron chi connectivity index (χ3n) is 2.14. The van der Waals surface area contributed by atoms with Crippen molar-refractivity contribution in [2.75, 3.05) is 0 Å². The van der Waals surface area contributed by atoms with Gasteiger partial charge >= 0.3 is 0 Å². The second-order valence-electron chi connectivity index (χ2n) is 4.00. The summed E-state index contributed by atoms with van der Waals surface area (Å²) in [5.74, 6) is 0.763. The van der Waals surface area contributed by atoms with Gasteiger partial charge < -0.3 is 0 Å². The Morgan fingerprint density at radius 1 is 1.46 bits per heavy atom. The number of rotatable bonds is 5. The first-order valence-electron chi connectivity index (χ1n) is 5.24. The average Bonchev–Trinajstić information content (AvgIpc) is 2.50. The van der Waals surface area contributed by atoms with Crippen molar-refractivity contribution in [3.8, 4) is 0 Å². The third kappa shape index (κ3) is 3.62. The molecule has 0 aliphatic heterocycles. The Balaban J connectivity index is 2.39. The molecule has 2 heteroatoms. The van der Waals surface area contributed by atoms with Crippen LogP contribution in [0.5, 0.6) is 0 Å². The van der Waals surface area contributed by atoms with Crippen LogP contribution in [-0.4, -0.2) is 9.78 Å². The lowest BCUT2D eigenvalue weighted by Crippen LogP contribution is -2.02. The Morgan fingerprint density at radius 3 is 2.85 bits per heavy atom. The maximum atomic E-state index is 4.49. The minimum absolute atomic E-state index is 0.763. The highest BCUT2D eigenvalue weighted by atomic mass is 15.3. The van der Waals surface area contributed by atoms with Crippen LogP contribution in [-0.2, 0) is 13.0 Å². The first-order valence-corrected chi connectivity index (χ1v) is 5.24. The number of aromatic nitrogens is 2. The summed E-state index contributed by atoms with van der Waals surface area (Å²) in [7, 11) is 0. The molecule has 1 heterocycles. The number of nitrogens with zero attached hydrogens (tertiary/aromatic N) is 2. The van der Waals surface area contributed by atoms with E-state index in [1.54, 1.807) is 0 Å². The van der Waals surface area contributed by atoms with Crippen LogP contribution in [0.4, 0.5) is 0 Å². The summed E-state index contributed by atoms with van der Waals surface area (Å²) in [6.45, 7) is 7.74. The highest BCUT2D eigenvalue weighted by Gasteiger charge is 1.98. The topological polar surface area (TPSA) is 17.8 Å². The standard InChI is InChI=1S/C11H20N2/c1-4-5-11-7-9-13(12-11)8-6-10(2)3/h7,9-10H,4-6,8H2,1-3H3. The van der Waals surface area contributed by atoms with E-state index in [-0.39, 0.29) is 0 Å². The summed E-state index contributed by atoms with van der Waals surface area (Å²) in [5.41, 5.74) is 1.23. The van der Waals surface area contributed by atoms with E-state index in [1.807, 2.05) is 0 Å². The van der Waals surface area contributed by atoms with Gasteiger partial charge in [-0.25, -0.2) is 0 Å². The summed E-state index contributed by atoms with van der Waals surface area (Å²) in [6, 6.07) is 2.13. The summed E-state index contributed by atoms with van der Waals surface area (Å²) in [6.07, 6.45) is 5.59. The van der Waals surface area contributed by atoms with E-state index in [0.717, 1.165) is 18.9 Å². The van der Waals surface area contributed by atoms with Gasteiger partial charge in [0.2, 0.25) is 0 Å². The predicted octanol–water partition coefficient (Wildman–Crippen LogP) is 2.88. The normalized spacial score (nSPS) is 11.1. The Morgan fingerprint density at radius 2 is 2.23 bits per heavy atom. The predicted molar refractivity (Wildman–Crippen MR) is 55.7 cm³/mol. The van der Waals surface area contributed by atoms with Crippen LogP contribution in [0.3, 0.4) is 0 Å². The lowest BCUT2D eigenvalue weighted by atomic mass is 10.1. The Bertz CT molecular complexity index is 238. The lowest BCUT2D eigenvalue weighted by molar-refractivity contribution is 0.484. The molecular formula is C11H20N2. The Labute approximate surface area is 81.0 Å². The largest absolute Gasteiger partial charge is 0.272 e. The fourth-order valence-electron chi connectivity index (χ4n) is 1.31. The molecule has 1 rings (SSSR count). The summed E-state index contributed by atoms with van der Waals surface area (Å²) in [4.78, 5) is 0. The van der Waals surface area contributed by atoms with E-state index in [4.69, 9.17) is 0 Å². The van der Waals surface area contributed by atoms with Crippen LogP contribution in [0, 0.1) is 5.92 Å². The van der Waals surface area contributed by atoms with Crippen LogP contribution in [0.25, 0.3) is 0 Å². The lowest BCUT2D eigenvalue weighted by Gasteiger charge is -2.03. The van der Waals surface area contributed by atoms with Gasteiger partial charge in [0.05, 0.1) is 5.69 Å². The SMILES string of the molecule is CCCc1ccn(CCC(C)C)n1. The number of hydrogen-bond donors (Lipinski definition) is 0. The van der Waals surface area contributed by atoms with Crippen molar-refractivity contribution in [2.24, 2.45) is 5.92 Å². The Kier molecular flexibility index (Phi) is 4.00. The van der Waals surface area contributed by atoms with Gasteiger partial charge in [0, 0.05) is 12.7 Å². The van der Waals surface area contributed by atoms with E-state index in [9.17, 15) is 0 Å². The molecule has 0 saturated carbocycles. The third-order valence-corrected chi connectivity index (χ3v) is 2.14. The van der Waals surface area contributed by atoms with Crippen molar-refractivity contribution in [2.45, 2.75) is 46.6 Å². The van der Waals surface area contributed by atoms with E-state index >= 15 is 0 Å².